The Balaban J connectivity index is 2.05. The molecule has 0 aromatic heterocycles. The number of hydrogen-bond acceptors (Lipinski definition) is 2. The normalized spacial score (nSPS) is 11.4. The Morgan fingerprint density at radius 3 is 2.69 bits per heavy atom. The van der Waals surface area contributed by atoms with E-state index in [0.29, 0.717) is 6.10 Å². The van der Waals surface area contributed by atoms with Gasteiger partial charge in [-0.3, -0.25) is 0 Å². The predicted octanol–water partition coefficient (Wildman–Crippen LogP) is 3.86. The van der Waals surface area contributed by atoms with Crippen molar-refractivity contribution in [1.82, 2.24) is 0 Å². The van der Waals surface area contributed by atoms with Crippen LogP contribution < -0.4 is 0 Å². The van der Waals surface area contributed by atoms with E-state index in [2.05, 4.69) is 50.3 Å². The van der Waals surface area contributed by atoms with Crippen molar-refractivity contribution in [3.8, 4) is 0 Å². The second-order valence-corrected chi connectivity index (χ2v) is 4.96. The van der Waals surface area contributed by atoms with Gasteiger partial charge in [-0.15, -0.1) is 0 Å². The summed E-state index contributed by atoms with van der Waals surface area (Å²) in [6.45, 7) is 4.99. The van der Waals surface area contributed by atoms with Crippen LogP contribution in [0.5, 0.6) is 0 Å². The summed E-state index contributed by atoms with van der Waals surface area (Å²) >= 11 is 1.90. The molecule has 0 aliphatic carbocycles. The summed E-state index contributed by atoms with van der Waals surface area (Å²) in [4.78, 5) is 0. The first-order chi connectivity index (χ1) is 7.79. The van der Waals surface area contributed by atoms with Crippen LogP contribution in [0.4, 0.5) is 0 Å². The third-order valence-corrected chi connectivity index (χ3v) is 2.89. The van der Waals surface area contributed by atoms with Gasteiger partial charge in [-0.05, 0) is 19.4 Å². The molecule has 1 nitrogen and oxygen atoms in total. The van der Waals surface area contributed by atoms with Gasteiger partial charge in [-0.25, -0.2) is 0 Å². The van der Waals surface area contributed by atoms with Crippen molar-refractivity contribution in [2.24, 2.45) is 0 Å². The summed E-state index contributed by atoms with van der Waals surface area (Å²) < 4.78 is 5.46. The molecule has 0 aliphatic heterocycles. The van der Waals surface area contributed by atoms with Gasteiger partial charge in [0.25, 0.3) is 0 Å². The molecule has 0 fully saturated rings. The van der Waals surface area contributed by atoms with Gasteiger partial charge in [0.15, 0.2) is 0 Å². The molecule has 0 amide bonds. The molecule has 0 spiro atoms. The summed E-state index contributed by atoms with van der Waals surface area (Å²) in [6.07, 6.45) is 4.71. The van der Waals surface area contributed by atoms with Crippen LogP contribution >= 0.6 is 11.8 Å². The van der Waals surface area contributed by atoms with E-state index in [1.54, 1.807) is 0 Å². The largest absolute Gasteiger partial charge is 0.378 e. The van der Waals surface area contributed by atoms with E-state index in [9.17, 15) is 0 Å². The zero-order valence-corrected chi connectivity index (χ0v) is 10.9. The minimum Gasteiger partial charge on any atom is -0.378 e. The molecular formula is C14H20OS. The average molecular weight is 236 g/mol. The van der Waals surface area contributed by atoms with Crippen LogP contribution in [0.25, 0.3) is 6.08 Å². The summed E-state index contributed by atoms with van der Waals surface area (Å²) in [5.41, 5.74) is 1.27. The lowest BCUT2D eigenvalue weighted by atomic mass is 10.2. The minimum atomic E-state index is 0.348. The van der Waals surface area contributed by atoms with E-state index >= 15 is 0 Å². The van der Waals surface area contributed by atoms with Gasteiger partial charge >= 0.3 is 0 Å². The fourth-order valence-corrected chi connectivity index (χ4v) is 1.86. The molecule has 0 saturated heterocycles. The molecule has 0 bridgehead atoms. The van der Waals surface area contributed by atoms with Crippen molar-refractivity contribution >= 4 is 17.8 Å². The molecule has 0 aliphatic rings. The Kier molecular flexibility index (Phi) is 7.02. The molecule has 1 aromatic carbocycles. The van der Waals surface area contributed by atoms with Crippen LogP contribution in [0.1, 0.15) is 19.4 Å². The number of hydrogen-bond donors (Lipinski definition) is 0. The molecule has 1 rings (SSSR count). The fourth-order valence-electron chi connectivity index (χ4n) is 1.24. The van der Waals surface area contributed by atoms with Gasteiger partial charge in [-0.2, -0.15) is 11.8 Å². The van der Waals surface area contributed by atoms with Gasteiger partial charge in [0.1, 0.15) is 0 Å². The Morgan fingerprint density at radius 1 is 1.25 bits per heavy atom. The predicted molar refractivity (Wildman–Crippen MR) is 73.9 cm³/mol. The third-order valence-electron chi connectivity index (χ3n) is 2.00. The van der Waals surface area contributed by atoms with Gasteiger partial charge < -0.3 is 4.74 Å². The quantitative estimate of drug-likeness (QED) is 0.665. The number of benzene rings is 1. The smallest absolute Gasteiger partial charge is 0.0560 e. The summed E-state index contributed by atoms with van der Waals surface area (Å²) in [5, 5.41) is 0. The van der Waals surface area contributed by atoms with Crippen LogP contribution in [0.2, 0.25) is 0 Å². The molecule has 0 radical (unpaired) electrons. The van der Waals surface area contributed by atoms with Crippen LogP contribution in [0.15, 0.2) is 36.4 Å². The SMILES string of the molecule is CC(C)OCCSC/C=C/c1ccccc1. The fraction of sp³-hybridized carbons (Fsp3) is 0.429. The molecule has 0 heterocycles. The second-order valence-electron chi connectivity index (χ2n) is 3.81. The van der Waals surface area contributed by atoms with Crippen LogP contribution in [0, 0.1) is 0 Å². The first-order valence-electron chi connectivity index (χ1n) is 5.70. The zero-order chi connectivity index (χ0) is 11.6. The van der Waals surface area contributed by atoms with Crippen molar-refractivity contribution < 1.29 is 4.74 Å². The van der Waals surface area contributed by atoms with E-state index in [4.69, 9.17) is 4.74 Å². The van der Waals surface area contributed by atoms with Gasteiger partial charge in [0, 0.05) is 11.5 Å². The Labute approximate surface area is 103 Å². The molecule has 1 aromatic rings. The highest BCUT2D eigenvalue weighted by molar-refractivity contribution is 7.99. The number of rotatable bonds is 7. The Hall–Kier alpha value is -0.730. The van der Waals surface area contributed by atoms with E-state index in [0.717, 1.165) is 18.1 Å². The molecule has 0 saturated carbocycles. The van der Waals surface area contributed by atoms with Crippen molar-refractivity contribution in [1.29, 1.82) is 0 Å². The Bertz CT molecular complexity index is 293. The zero-order valence-electron chi connectivity index (χ0n) is 10.1. The number of thioether (sulfide) groups is 1. The molecular weight excluding hydrogens is 216 g/mol. The molecule has 0 atom stereocenters. The highest BCUT2D eigenvalue weighted by Crippen LogP contribution is 2.05. The summed E-state index contributed by atoms with van der Waals surface area (Å²) in [7, 11) is 0. The molecule has 0 N–H and O–H groups in total. The topological polar surface area (TPSA) is 9.23 Å². The number of ether oxygens (including phenoxy) is 1. The maximum absolute atomic E-state index is 5.46. The summed E-state index contributed by atoms with van der Waals surface area (Å²) in [6, 6.07) is 10.4. The Morgan fingerprint density at radius 2 is 2.00 bits per heavy atom. The first kappa shape index (κ1) is 13.3. The van der Waals surface area contributed by atoms with Crippen LogP contribution in [0.3, 0.4) is 0 Å². The summed E-state index contributed by atoms with van der Waals surface area (Å²) in [5.74, 6) is 2.12. The van der Waals surface area contributed by atoms with Gasteiger partial charge in [-0.1, -0.05) is 42.5 Å². The van der Waals surface area contributed by atoms with Crippen LogP contribution in [-0.4, -0.2) is 24.2 Å². The van der Waals surface area contributed by atoms with Gasteiger partial charge in [0.05, 0.1) is 12.7 Å². The lowest BCUT2D eigenvalue weighted by Gasteiger charge is -2.05. The molecule has 0 unspecified atom stereocenters. The second kappa shape index (κ2) is 8.43. The minimum absolute atomic E-state index is 0.348. The lowest BCUT2D eigenvalue weighted by molar-refractivity contribution is 0.0921. The monoisotopic (exact) mass is 236 g/mol. The third kappa shape index (κ3) is 6.70. The molecule has 2 heteroatoms. The molecule has 88 valence electrons. The molecule has 16 heavy (non-hydrogen) atoms. The van der Waals surface area contributed by atoms with E-state index < -0.39 is 0 Å². The maximum Gasteiger partial charge on any atom is 0.0560 e. The lowest BCUT2D eigenvalue weighted by Crippen LogP contribution is -2.05. The first-order valence-corrected chi connectivity index (χ1v) is 6.85. The average Bonchev–Trinajstić information content (AvgIpc) is 2.29. The van der Waals surface area contributed by atoms with Crippen LogP contribution in [-0.2, 0) is 4.74 Å². The maximum atomic E-state index is 5.46. The van der Waals surface area contributed by atoms with E-state index in [-0.39, 0.29) is 0 Å². The van der Waals surface area contributed by atoms with Crippen molar-refractivity contribution in [2.75, 3.05) is 18.1 Å². The van der Waals surface area contributed by atoms with Crippen molar-refractivity contribution in [2.45, 2.75) is 20.0 Å². The standard InChI is InChI=1S/C14H20OS/c1-13(2)15-10-12-16-11-6-9-14-7-4-3-5-8-14/h3-9,13H,10-12H2,1-2H3/b9-6+. The van der Waals surface area contributed by atoms with Crippen molar-refractivity contribution in [3.05, 3.63) is 42.0 Å². The van der Waals surface area contributed by atoms with E-state index in [1.165, 1.54) is 5.56 Å². The van der Waals surface area contributed by atoms with E-state index in [1.807, 2.05) is 17.8 Å². The van der Waals surface area contributed by atoms with Crippen molar-refractivity contribution in [3.63, 3.8) is 0 Å². The highest BCUT2D eigenvalue weighted by Gasteiger charge is 1.92. The van der Waals surface area contributed by atoms with Gasteiger partial charge in [0.2, 0.25) is 0 Å². The highest BCUT2D eigenvalue weighted by atomic mass is 32.2.